The summed E-state index contributed by atoms with van der Waals surface area (Å²) in [5, 5.41) is 5.70. The lowest BCUT2D eigenvalue weighted by Gasteiger charge is -2.02. The predicted molar refractivity (Wildman–Crippen MR) is 86.9 cm³/mol. The summed E-state index contributed by atoms with van der Waals surface area (Å²) in [7, 11) is 0. The number of rotatable bonds is 4. The maximum absolute atomic E-state index is 12.2. The van der Waals surface area contributed by atoms with Gasteiger partial charge in [-0.25, -0.2) is 9.97 Å². The van der Waals surface area contributed by atoms with Gasteiger partial charge in [-0.2, -0.15) is 0 Å². The summed E-state index contributed by atoms with van der Waals surface area (Å²) in [6, 6.07) is 3.81. The molecule has 0 aliphatic rings. The van der Waals surface area contributed by atoms with E-state index in [2.05, 4.69) is 15.3 Å². The quantitative estimate of drug-likeness (QED) is 0.775. The number of hydrogen-bond donors (Lipinski definition) is 2. The molecular formula is C14H14N4OS2. The van der Waals surface area contributed by atoms with E-state index in [0.29, 0.717) is 17.1 Å². The van der Waals surface area contributed by atoms with E-state index in [0.717, 1.165) is 28.0 Å². The van der Waals surface area contributed by atoms with Crippen LogP contribution in [-0.4, -0.2) is 22.4 Å². The average molecular weight is 318 g/mol. The molecule has 1 amide bonds. The van der Waals surface area contributed by atoms with Gasteiger partial charge in [-0.3, -0.25) is 4.79 Å². The SMILES string of the molecule is Cc1ccc2c(N)c(C(=O)NCCc3cscn3)sc2n1. The number of amides is 1. The van der Waals surface area contributed by atoms with Crippen molar-refractivity contribution in [1.82, 2.24) is 15.3 Å². The van der Waals surface area contributed by atoms with Crippen LogP contribution in [0.1, 0.15) is 21.1 Å². The van der Waals surface area contributed by atoms with Gasteiger partial charge in [0.1, 0.15) is 9.71 Å². The summed E-state index contributed by atoms with van der Waals surface area (Å²) in [6.07, 6.45) is 0.720. The van der Waals surface area contributed by atoms with Crippen molar-refractivity contribution in [3.05, 3.63) is 39.3 Å². The van der Waals surface area contributed by atoms with E-state index in [1.165, 1.54) is 11.3 Å². The van der Waals surface area contributed by atoms with Crippen molar-refractivity contribution in [2.45, 2.75) is 13.3 Å². The van der Waals surface area contributed by atoms with Crippen molar-refractivity contribution >= 4 is 44.5 Å². The molecule has 0 radical (unpaired) electrons. The summed E-state index contributed by atoms with van der Waals surface area (Å²) in [5.41, 5.74) is 10.3. The lowest BCUT2D eigenvalue weighted by atomic mass is 10.2. The Morgan fingerprint density at radius 3 is 3.05 bits per heavy atom. The molecular weight excluding hydrogens is 304 g/mol. The Kier molecular flexibility index (Phi) is 3.85. The first-order valence-electron chi connectivity index (χ1n) is 6.46. The Labute approximate surface area is 129 Å². The molecule has 0 aliphatic heterocycles. The number of hydrogen-bond acceptors (Lipinski definition) is 6. The molecule has 0 saturated carbocycles. The van der Waals surface area contributed by atoms with Crippen molar-refractivity contribution in [3.8, 4) is 0 Å². The van der Waals surface area contributed by atoms with Crippen molar-refractivity contribution in [2.24, 2.45) is 0 Å². The molecule has 3 aromatic rings. The molecule has 0 atom stereocenters. The maximum atomic E-state index is 12.2. The van der Waals surface area contributed by atoms with Crippen LogP contribution >= 0.6 is 22.7 Å². The highest BCUT2D eigenvalue weighted by Crippen LogP contribution is 2.32. The fourth-order valence-electron chi connectivity index (χ4n) is 2.00. The smallest absolute Gasteiger partial charge is 0.263 e. The highest BCUT2D eigenvalue weighted by molar-refractivity contribution is 7.21. The highest BCUT2D eigenvalue weighted by atomic mass is 32.1. The molecule has 0 aliphatic carbocycles. The molecule has 3 aromatic heterocycles. The molecule has 108 valence electrons. The minimum absolute atomic E-state index is 0.150. The number of pyridine rings is 1. The topological polar surface area (TPSA) is 80.9 Å². The molecule has 0 spiro atoms. The first kappa shape index (κ1) is 14.0. The molecule has 0 bridgehead atoms. The zero-order chi connectivity index (χ0) is 14.8. The Morgan fingerprint density at radius 1 is 1.43 bits per heavy atom. The second kappa shape index (κ2) is 5.79. The van der Waals surface area contributed by atoms with E-state index >= 15 is 0 Å². The molecule has 0 fully saturated rings. The third-order valence-electron chi connectivity index (χ3n) is 3.09. The Balaban J connectivity index is 1.73. The van der Waals surface area contributed by atoms with Gasteiger partial charge in [-0.1, -0.05) is 0 Å². The molecule has 0 unspecified atom stereocenters. The van der Waals surface area contributed by atoms with Gasteiger partial charge < -0.3 is 11.1 Å². The van der Waals surface area contributed by atoms with E-state index in [1.807, 2.05) is 24.4 Å². The lowest BCUT2D eigenvalue weighted by Crippen LogP contribution is -2.25. The van der Waals surface area contributed by atoms with Crippen molar-refractivity contribution < 1.29 is 4.79 Å². The van der Waals surface area contributed by atoms with Gasteiger partial charge >= 0.3 is 0 Å². The number of aromatic nitrogens is 2. The van der Waals surface area contributed by atoms with E-state index in [4.69, 9.17) is 5.73 Å². The number of carbonyl (C=O) groups excluding carboxylic acids is 1. The molecule has 0 aromatic carbocycles. The summed E-state index contributed by atoms with van der Waals surface area (Å²) in [4.78, 5) is 22.1. The summed E-state index contributed by atoms with van der Waals surface area (Å²) in [5.74, 6) is -0.150. The Hall–Kier alpha value is -1.99. The first-order valence-corrected chi connectivity index (χ1v) is 8.22. The average Bonchev–Trinajstić information content (AvgIpc) is 3.07. The van der Waals surface area contributed by atoms with Crippen molar-refractivity contribution in [1.29, 1.82) is 0 Å². The summed E-state index contributed by atoms with van der Waals surface area (Å²) >= 11 is 2.88. The fraction of sp³-hybridized carbons (Fsp3) is 0.214. The van der Waals surface area contributed by atoms with Crippen LogP contribution in [0.15, 0.2) is 23.0 Å². The minimum atomic E-state index is -0.150. The number of thiophene rings is 1. The molecule has 7 heteroatoms. The van der Waals surface area contributed by atoms with Crippen LogP contribution in [0.5, 0.6) is 0 Å². The van der Waals surface area contributed by atoms with Crippen LogP contribution in [0.2, 0.25) is 0 Å². The standard InChI is InChI=1S/C14H14N4OS2/c1-8-2-3-10-11(15)12(21-14(10)18-8)13(19)16-5-4-9-6-20-7-17-9/h2-3,6-7H,4-5,15H2,1H3,(H,16,19). The van der Waals surface area contributed by atoms with E-state index < -0.39 is 0 Å². The summed E-state index contributed by atoms with van der Waals surface area (Å²) < 4.78 is 0. The highest BCUT2D eigenvalue weighted by Gasteiger charge is 2.16. The van der Waals surface area contributed by atoms with Crippen LogP contribution in [-0.2, 0) is 6.42 Å². The second-order valence-electron chi connectivity index (χ2n) is 4.64. The van der Waals surface area contributed by atoms with Gasteiger partial charge in [0, 0.05) is 29.4 Å². The third kappa shape index (κ3) is 2.88. The maximum Gasteiger partial charge on any atom is 0.263 e. The van der Waals surface area contributed by atoms with Crippen LogP contribution in [0.3, 0.4) is 0 Å². The second-order valence-corrected chi connectivity index (χ2v) is 6.35. The fourth-order valence-corrected chi connectivity index (χ4v) is 3.65. The molecule has 3 rings (SSSR count). The lowest BCUT2D eigenvalue weighted by molar-refractivity contribution is 0.0959. The van der Waals surface area contributed by atoms with Gasteiger partial charge in [0.2, 0.25) is 0 Å². The Bertz CT molecular complexity index is 780. The first-order chi connectivity index (χ1) is 10.1. The number of anilines is 1. The molecule has 3 heterocycles. The summed E-state index contributed by atoms with van der Waals surface area (Å²) in [6.45, 7) is 2.46. The third-order valence-corrected chi connectivity index (χ3v) is 4.84. The van der Waals surface area contributed by atoms with Gasteiger partial charge in [-0.05, 0) is 19.1 Å². The number of nitrogens with two attached hydrogens (primary N) is 1. The number of fused-ring (bicyclic) bond motifs is 1. The number of thiazole rings is 1. The molecule has 21 heavy (non-hydrogen) atoms. The van der Waals surface area contributed by atoms with Gasteiger partial charge in [0.15, 0.2) is 0 Å². The van der Waals surface area contributed by atoms with Crippen LogP contribution in [0, 0.1) is 6.92 Å². The van der Waals surface area contributed by atoms with Crippen molar-refractivity contribution in [3.63, 3.8) is 0 Å². The van der Waals surface area contributed by atoms with Gasteiger partial charge in [-0.15, -0.1) is 22.7 Å². The molecule has 0 saturated heterocycles. The van der Waals surface area contributed by atoms with Gasteiger partial charge in [0.25, 0.3) is 5.91 Å². The molecule has 5 nitrogen and oxygen atoms in total. The number of aryl methyl sites for hydroxylation is 1. The zero-order valence-corrected chi connectivity index (χ0v) is 13.1. The predicted octanol–water partition coefficient (Wildman–Crippen LogP) is 2.62. The normalized spacial score (nSPS) is 10.9. The van der Waals surface area contributed by atoms with E-state index in [-0.39, 0.29) is 5.91 Å². The van der Waals surface area contributed by atoms with Crippen LogP contribution in [0.25, 0.3) is 10.2 Å². The number of nitrogens with zero attached hydrogens (tertiary/aromatic N) is 2. The largest absolute Gasteiger partial charge is 0.397 e. The zero-order valence-electron chi connectivity index (χ0n) is 11.4. The number of carbonyl (C=O) groups is 1. The van der Waals surface area contributed by atoms with E-state index in [9.17, 15) is 4.79 Å². The Morgan fingerprint density at radius 2 is 2.29 bits per heavy atom. The molecule has 3 N–H and O–H groups in total. The number of nitrogen functional groups attached to an aromatic ring is 1. The van der Waals surface area contributed by atoms with Gasteiger partial charge in [0.05, 0.1) is 16.9 Å². The number of nitrogens with one attached hydrogen (secondary N) is 1. The van der Waals surface area contributed by atoms with Crippen LogP contribution < -0.4 is 11.1 Å². The minimum Gasteiger partial charge on any atom is -0.397 e. The van der Waals surface area contributed by atoms with E-state index in [1.54, 1.807) is 16.8 Å². The van der Waals surface area contributed by atoms with Crippen molar-refractivity contribution in [2.75, 3.05) is 12.3 Å². The van der Waals surface area contributed by atoms with Crippen LogP contribution in [0.4, 0.5) is 5.69 Å². The monoisotopic (exact) mass is 318 g/mol.